The van der Waals surface area contributed by atoms with Gasteiger partial charge in [-0.25, -0.2) is 0 Å². The zero-order valence-electron chi connectivity index (χ0n) is 28.6. The molecular formula is C48H36NO2P. The molecular weight excluding hydrogens is 654 g/mol. The van der Waals surface area contributed by atoms with Crippen molar-refractivity contribution in [3.63, 3.8) is 0 Å². The summed E-state index contributed by atoms with van der Waals surface area (Å²) < 4.78 is 17.0. The highest BCUT2D eigenvalue weighted by Gasteiger charge is 2.40. The van der Waals surface area contributed by atoms with Crippen molar-refractivity contribution in [2.45, 2.75) is 24.9 Å². The van der Waals surface area contributed by atoms with Crippen molar-refractivity contribution in [1.29, 1.82) is 0 Å². The Balaban J connectivity index is 1.19. The van der Waals surface area contributed by atoms with Crippen molar-refractivity contribution in [3.05, 3.63) is 193 Å². The first-order chi connectivity index (χ1) is 25.8. The molecule has 2 atom stereocenters. The van der Waals surface area contributed by atoms with Gasteiger partial charge in [-0.15, -0.1) is 0 Å². The van der Waals surface area contributed by atoms with E-state index in [1.807, 2.05) is 0 Å². The lowest BCUT2D eigenvalue weighted by molar-refractivity contribution is 0.594. The van der Waals surface area contributed by atoms with E-state index in [0.717, 1.165) is 34.8 Å². The van der Waals surface area contributed by atoms with E-state index in [-0.39, 0.29) is 12.1 Å². The van der Waals surface area contributed by atoms with Gasteiger partial charge < -0.3 is 8.39 Å². The molecule has 0 radical (unpaired) electrons. The molecule has 4 heteroatoms. The molecule has 2 heterocycles. The normalized spacial score (nSPS) is 16.2. The molecule has 1 aliphatic heterocycles. The lowest BCUT2D eigenvalue weighted by Crippen LogP contribution is -2.23. The van der Waals surface area contributed by atoms with Crippen LogP contribution >= 0.6 is 8.16 Å². The third-order valence-electron chi connectivity index (χ3n) is 10.7. The van der Waals surface area contributed by atoms with Gasteiger partial charge in [-0.2, -0.15) is 4.67 Å². The molecule has 0 aliphatic carbocycles. The topological polar surface area (TPSA) is 29.5 Å². The maximum Gasteiger partial charge on any atom is 0.310 e. The molecule has 0 N–H and O–H groups in total. The van der Waals surface area contributed by atoms with Crippen LogP contribution in [0, 0.1) is 0 Å². The summed E-state index contributed by atoms with van der Waals surface area (Å²) in [4.78, 5) is 0. The number of benzene rings is 8. The molecule has 3 nitrogen and oxygen atoms in total. The third-order valence-corrected chi connectivity index (χ3v) is 12.4. The summed E-state index contributed by atoms with van der Waals surface area (Å²) in [5.41, 5.74) is 9.17. The summed E-state index contributed by atoms with van der Waals surface area (Å²) in [7, 11) is -1.58. The van der Waals surface area contributed by atoms with Crippen LogP contribution in [0.3, 0.4) is 0 Å². The Kier molecular flexibility index (Phi) is 7.75. The summed E-state index contributed by atoms with van der Waals surface area (Å²) in [6.07, 6.45) is 1.99. The van der Waals surface area contributed by atoms with Crippen LogP contribution in [-0.4, -0.2) is 0 Å². The predicted octanol–water partition coefficient (Wildman–Crippen LogP) is 14.1. The zero-order chi connectivity index (χ0) is 34.4. The zero-order valence-corrected chi connectivity index (χ0v) is 29.5. The van der Waals surface area contributed by atoms with Crippen molar-refractivity contribution in [3.8, 4) is 22.3 Å². The van der Waals surface area contributed by atoms with E-state index in [9.17, 15) is 0 Å². The van der Waals surface area contributed by atoms with Gasteiger partial charge in [-0.3, -0.25) is 0 Å². The van der Waals surface area contributed by atoms with Crippen molar-refractivity contribution >= 4 is 51.6 Å². The van der Waals surface area contributed by atoms with Crippen LogP contribution in [0.2, 0.25) is 0 Å². The maximum absolute atomic E-state index is 7.24. The molecule has 9 aromatic rings. The average molecular weight is 690 g/mol. The Labute approximate surface area is 304 Å². The van der Waals surface area contributed by atoms with Gasteiger partial charge in [0, 0.05) is 22.9 Å². The molecule has 250 valence electrons. The molecule has 0 bridgehead atoms. The molecule has 1 aliphatic rings. The van der Waals surface area contributed by atoms with E-state index >= 15 is 0 Å². The molecule has 0 unspecified atom stereocenters. The number of nitrogens with zero attached hydrogens (tertiary/aromatic N) is 1. The van der Waals surface area contributed by atoms with Crippen LogP contribution in [0.1, 0.15) is 36.1 Å². The molecule has 0 saturated carbocycles. The second-order valence-corrected chi connectivity index (χ2v) is 15.0. The Morgan fingerprint density at radius 1 is 0.385 bits per heavy atom. The average Bonchev–Trinajstić information content (AvgIpc) is 3.59. The highest BCUT2D eigenvalue weighted by molar-refractivity contribution is 7.39. The van der Waals surface area contributed by atoms with E-state index in [0.29, 0.717) is 0 Å². The highest BCUT2D eigenvalue weighted by atomic mass is 31.1. The summed E-state index contributed by atoms with van der Waals surface area (Å²) in [5, 5.41) is 6.90. The Hall–Kier alpha value is -5.86. The smallest absolute Gasteiger partial charge is 0.310 e. The van der Waals surface area contributed by atoms with Crippen molar-refractivity contribution in [1.82, 2.24) is 0 Å². The van der Waals surface area contributed by atoms with E-state index in [1.165, 1.54) is 54.9 Å². The largest absolute Gasteiger partial charge is 0.408 e. The Morgan fingerprint density at radius 3 is 1.21 bits per heavy atom. The number of hydrogen-bond donors (Lipinski definition) is 0. The van der Waals surface area contributed by atoms with Crippen LogP contribution in [0.15, 0.2) is 190 Å². The predicted molar refractivity (Wildman–Crippen MR) is 218 cm³/mol. The minimum Gasteiger partial charge on any atom is -0.408 e. The van der Waals surface area contributed by atoms with Crippen LogP contribution in [0.25, 0.3) is 65.7 Å². The quantitative estimate of drug-likeness (QED) is 0.180. The molecule has 10 rings (SSSR count). The van der Waals surface area contributed by atoms with Crippen LogP contribution in [-0.2, 0) is 0 Å². The van der Waals surface area contributed by atoms with Gasteiger partial charge in [0.2, 0.25) is 0 Å². The van der Waals surface area contributed by atoms with Gasteiger partial charge in [0.1, 0.15) is 11.2 Å². The lowest BCUT2D eigenvalue weighted by Gasteiger charge is -2.27. The van der Waals surface area contributed by atoms with Crippen LogP contribution < -0.4 is 4.67 Å². The van der Waals surface area contributed by atoms with Crippen molar-refractivity contribution < 1.29 is 8.39 Å². The summed E-state index contributed by atoms with van der Waals surface area (Å²) >= 11 is 0. The number of hydrogen-bond acceptors (Lipinski definition) is 3. The molecule has 0 amide bonds. The first kappa shape index (κ1) is 30.9. The van der Waals surface area contributed by atoms with E-state index < -0.39 is 8.16 Å². The number of fused-ring (bicyclic) bond motifs is 7. The van der Waals surface area contributed by atoms with Crippen LogP contribution in [0.5, 0.6) is 0 Å². The molecule has 0 spiro atoms. The summed E-state index contributed by atoms with van der Waals surface area (Å²) in [5.74, 6) is 0. The molecule has 1 saturated heterocycles. The lowest BCUT2D eigenvalue weighted by atomic mass is 9.99. The van der Waals surface area contributed by atoms with Gasteiger partial charge in [-0.1, -0.05) is 170 Å². The minimum atomic E-state index is -1.58. The molecule has 52 heavy (non-hydrogen) atoms. The van der Waals surface area contributed by atoms with Gasteiger partial charge in [0.05, 0.1) is 0 Å². The summed E-state index contributed by atoms with van der Waals surface area (Å²) in [6, 6.07) is 65.6. The second kappa shape index (κ2) is 13.0. The Morgan fingerprint density at radius 2 is 0.769 bits per heavy atom. The van der Waals surface area contributed by atoms with Crippen LogP contribution in [0.4, 0.5) is 0 Å². The van der Waals surface area contributed by atoms with Gasteiger partial charge in [0.15, 0.2) is 0 Å². The third kappa shape index (κ3) is 5.42. The number of rotatable bonds is 5. The molecule has 1 fully saturated rings. The van der Waals surface area contributed by atoms with Crippen molar-refractivity contribution in [2.24, 2.45) is 0 Å². The van der Waals surface area contributed by atoms with Crippen molar-refractivity contribution in [2.75, 3.05) is 4.67 Å². The first-order valence-electron chi connectivity index (χ1n) is 18.1. The van der Waals surface area contributed by atoms with E-state index in [4.69, 9.17) is 8.39 Å². The minimum absolute atomic E-state index is 0.112. The fraction of sp³-hybridized carbons (Fsp3) is 0.0833. The standard InChI is InChI=1S/C48H36NO2P/c1-3-11-33(12-4-1)35-19-23-39(24-20-35)43-29-30-44(40-25-21-36(22-26-40)34-13-5-2-6-14-34)49(43)52-50-45-31-27-37-15-7-9-17-41(37)47(45)48-42-18-10-8-16-38(42)28-32-46(48)51-52/h1-28,31-32,43-44H,29-30H2/t43-,44-/m1/s1. The molecule has 1 aromatic heterocycles. The summed E-state index contributed by atoms with van der Waals surface area (Å²) in [6.45, 7) is 0. The SMILES string of the molecule is c1ccc(-c2ccc([C@H]3CC[C@H](c4ccc(-c5ccccc5)cc4)N3p3oc4ccc5ccccc5c4c4c(ccc5ccccc54)o3)cc2)cc1. The monoisotopic (exact) mass is 689 g/mol. The van der Waals surface area contributed by atoms with Gasteiger partial charge in [0.25, 0.3) is 0 Å². The van der Waals surface area contributed by atoms with E-state index in [1.54, 1.807) is 0 Å². The van der Waals surface area contributed by atoms with E-state index in [2.05, 4.69) is 187 Å². The Bertz CT molecular complexity index is 2550. The highest BCUT2D eigenvalue weighted by Crippen LogP contribution is 2.54. The first-order valence-corrected chi connectivity index (χ1v) is 19.2. The fourth-order valence-corrected chi connectivity index (χ4v) is 9.99. The van der Waals surface area contributed by atoms with Gasteiger partial charge in [-0.05, 0) is 79.9 Å². The molecule has 8 aromatic carbocycles. The fourth-order valence-electron chi connectivity index (χ4n) is 8.17. The van der Waals surface area contributed by atoms with Gasteiger partial charge >= 0.3 is 8.16 Å². The second-order valence-electron chi connectivity index (χ2n) is 13.7. The maximum atomic E-state index is 7.24.